The average Bonchev–Trinajstić information content (AvgIpc) is 2.24. The summed E-state index contributed by atoms with van der Waals surface area (Å²) < 4.78 is 10.2. The molecule has 4 heteroatoms. The number of carbonyl (C=O) groups is 2. The molecule has 0 fully saturated rings. The summed E-state index contributed by atoms with van der Waals surface area (Å²) in [6.45, 7) is 8.37. The molecule has 0 aromatic carbocycles. The molecule has 98 valence electrons. The lowest BCUT2D eigenvalue weighted by atomic mass is 10.1. The molecule has 0 rings (SSSR count). The first-order valence-electron chi connectivity index (χ1n) is 5.98. The summed E-state index contributed by atoms with van der Waals surface area (Å²) in [7, 11) is 0. The predicted octanol–water partition coefficient (Wildman–Crippen LogP) is 2.62. The Morgan fingerprint density at radius 2 is 1.76 bits per heavy atom. The minimum atomic E-state index is -0.562. The molecule has 0 amide bonds. The van der Waals surface area contributed by atoms with Gasteiger partial charge >= 0.3 is 11.9 Å². The molecule has 0 N–H and O–H groups in total. The molecule has 0 aliphatic heterocycles. The molecule has 0 radical (unpaired) electrons. The molecule has 0 aliphatic carbocycles. The van der Waals surface area contributed by atoms with Crippen LogP contribution in [0.2, 0.25) is 0 Å². The first kappa shape index (κ1) is 15.7. The fourth-order valence-electron chi connectivity index (χ4n) is 1.57. The molecule has 0 spiro atoms. The van der Waals surface area contributed by atoms with Gasteiger partial charge in [-0.25, -0.2) is 0 Å². The first-order chi connectivity index (χ1) is 8.01. The summed E-state index contributed by atoms with van der Waals surface area (Å²) in [5.74, 6) is -0.770. The zero-order chi connectivity index (χ0) is 13.3. The molecule has 0 aromatic rings. The maximum absolute atomic E-state index is 11.0. The van der Waals surface area contributed by atoms with Gasteiger partial charge < -0.3 is 9.47 Å². The number of rotatable bonds is 8. The summed E-state index contributed by atoms with van der Waals surface area (Å²) >= 11 is 0. The van der Waals surface area contributed by atoms with E-state index in [1.165, 1.54) is 19.9 Å². The van der Waals surface area contributed by atoms with E-state index in [9.17, 15) is 9.59 Å². The second kappa shape index (κ2) is 8.79. The minimum absolute atomic E-state index is 0.370. The van der Waals surface area contributed by atoms with Crippen molar-refractivity contribution in [3.05, 3.63) is 12.7 Å². The number of esters is 2. The van der Waals surface area contributed by atoms with Crippen LogP contribution in [0.4, 0.5) is 0 Å². The number of unbranched alkanes of at least 4 members (excludes halogenated alkanes) is 2. The third kappa shape index (κ3) is 7.55. The van der Waals surface area contributed by atoms with E-state index in [-0.39, 0.29) is 5.97 Å². The van der Waals surface area contributed by atoms with Crippen LogP contribution in [0.1, 0.15) is 46.5 Å². The van der Waals surface area contributed by atoms with Gasteiger partial charge in [0.05, 0.1) is 0 Å². The van der Waals surface area contributed by atoms with E-state index in [0.717, 1.165) is 19.3 Å². The maximum Gasteiger partial charge on any atom is 0.303 e. The van der Waals surface area contributed by atoms with Crippen molar-refractivity contribution in [2.45, 2.75) is 58.7 Å². The topological polar surface area (TPSA) is 52.6 Å². The molecule has 0 aliphatic rings. The maximum atomic E-state index is 11.0. The van der Waals surface area contributed by atoms with Crippen LogP contribution in [0.15, 0.2) is 12.7 Å². The van der Waals surface area contributed by atoms with Gasteiger partial charge in [-0.15, -0.1) is 0 Å². The number of hydrogen-bond donors (Lipinski definition) is 0. The van der Waals surface area contributed by atoms with Crippen molar-refractivity contribution in [1.82, 2.24) is 0 Å². The Morgan fingerprint density at radius 3 is 2.18 bits per heavy atom. The highest BCUT2D eigenvalue weighted by Crippen LogP contribution is 2.14. The smallest absolute Gasteiger partial charge is 0.303 e. The van der Waals surface area contributed by atoms with Gasteiger partial charge in [0, 0.05) is 13.8 Å². The number of ether oxygens (including phenoxy) is 2. The molecule has 0 aromatic heterocycles. The molecule has 0 unspecified atom stereocenters. The monoisotopic (exact) mass is 242 g/mol. The second-order valence-corrected chi connectivity index (χ2v) is 3.95. The van der Waals surface area contributed by atoms with E-state index in [1.54, 1.807) is 0 Å². The van der Waals surface area contributed by atoms with Crippen LogP contribution < -0.4 is 0 Å². The lowest BCUT2D eigenvalue weighted by Gasteiger charge is -2.23. The van der Waals surface area contributed by atoms with E-state index in [0.29, 0.717) is 6.42 Å². The van der Waals surface area contributed by atoms with E-state index in [1.807, 2.05) is 0 Å². The van der Waals surface area contributed by atoms with Crippen molar-refractivity contribution in [2.75, 3.05) is 0 Å². The van der Waals surface area contributed by atoms with Crippen molar-refractivity contribution in [1.29, 1.82) is 0 Å². The third-order valence-corrected chi connectivity index (χ3v) is 2.31. The zero-order valence-corrected chi connectivity index (χ0v) is 10.9. The summed E-state index contributed by atoms with van der Waals surface area (Å²) in [5.41, 5.74) is 0. The summed E-state index contributed by atoms with van der Waals surface area (Å²) in [6, 6.07) is 0. The summed E-state index contributed by atoms with van der Waals surface area (Å²) in [6.07, 6.45) is 4.26. The lowest BCUT2D eigenvalue weighted by molar-refractivity contribution is -0.162. The Kier molecular flexibility index (Phi) is 8.11. The van der Waals surface area contributed by atoms with Crippen molar-refractivity contribution in [3.63, 3.8) is 0 Å². The van der Waals surface area contributed by atoms with E-state index in [2.05, 4.69) is 13.5 Å². The summed E-state index contributed by atoms with van der Waals surface area (Å²) in [5, 5.41) is 0. The second-order valence-electron chi connectivity index (χ2n) is 3.95. The van der Waals surface area contributed by atoms with E-state index in [4.69, 9.17) is 9.47 Å². The quantitative estimate of drug-likeness (QED) is 0.373. The highest BCUT2D eigenvalue weighted by atomic mass is 16.6. The average molecular weight is 242 g/mol. The van der Waals surface area contributed by atoms with Gasteiger partial charge in [-0.2, -0.15) is 0 Å². The SMILES string of the molecule is C=C[C@@H](OC(C)=O)[C@H](CCCCC)OC(C)=O. The third-order valence-electron chi connectivity index (χ3n) is 2.31. The minimum Gasteiger partial charge on any atom is -0.458 e. The lowest BCUT2D eigenvalue weighted by Crippen LogP contribution is -2.32. The van der Waals surface area contributed by atoms with E-state index >= 15 is 0 Å². The van der Waals surface area contributed by atoms with Gasteiger partial charge in [-0.1, -0.05) is 26.3 Å². The van der Waals surface area contributed by atoms with Crippen molar-refractivity contribution in [2.24, 2.45) is 0 Å². The first-order valence-corrected chi connectivity index (χ1v) is 5.98. The largest absolute Gasteiger partial charge is 0.458 e. The van der Waals surface area contributed by atoms with Gasteiger partial charge in [0.15, 0.2) is 6.10 Å². The Hall–Kier alpha value is -1.32. The van der Waals surface area contributed by atoms with Crippen LogP contribution in [0.5, 0.6) is 0 Å². The van der Waals surface area contributed by atoms with Crippen LogP contribution in [-0.2, 0) is 19.1 Å². The Balaban J connectivity index is 4.43. The van der Waals surface area contributed by atoms with Gasteiger partial charge in [-0.05, 0) is 18.9 Å². The number of hydrogen-bond acceptors (Lipinski definition) is 4. The van der Waals surface area contributed by atoms with Crippen LogP contribution in [-0.4, -0.2) is 24.1 Å². The standard InChI is InChI=1S/C13H22O4/c1-5-7-8-9-13(17-11(4)15)12(6-2)16-10(3)14/h6,12-13H,2,5,7-9H2,1,3-4H3/t12-,13+/m1/s1. The van der Waals surface area contributed by atoms with Crippen molar-refractivity contribution in [3.8, 4) is 0 Å². The molecule has 4 nitrogen and oxygen atoms in total. The highest BCUT2D eigenvalue weighted by molar-refractivity contribution is 5.67. The van der Waals surface area contributed by atoms with Crippen LogP contribution in [0.3, 0.4) is 0 Å². The zero-order valence-electron chi connectivity index (χ0n) is 10.9. The molecule has 0 saturated carbocycles. The van der Waals surface area contributed by atoms with Crippen LogP contribution in [0.25, 0.3) is 0 Å². The predicted molar refractivity (Wildman–Crippen MR) is 65.4 cm³/mol. The van der Waals surface area contributed by atoms with Gasteiger partial charge in [0.1, 0.15) is 6.10 Å². The molecule has 0 heterocycles. The Bertz CT molecular complexity index is 260. The fraction of sp³-hybridized carbons (Fsp3) is 0.692. The van der Waals surface area contributed by atoms with Gasteiger partial charge in [0.25, 0.3) is 0 Å². The normalized spacial score (nSPS) is 13.6. The fourth-order valence-corrected chi connectivity index (χ4v) is 1.57. The van der Waals surface area contributed by atoms with E-state index < -0.39 is 18.2 Å². The van der Waals surface area contributed by atoms with Crippen LogP contribution in [0, 0.1) is 0 Å². The Morgan fingerprint density at radius 1 is 1.18 bits per heavy atom. The highest BCUT2D eigenvalue weighted by Gasteiger charge is 2.23. The molecule has 17 heavy (non-hydrogen) atoms. The molecule has 0 saturated heterocycles. The van der Waals surface area contributed by atoms with Gasteiger partial charge in [-0.3, -0.25) is 9.59 Å². The van der Waals surface area contributed by atoms with Crippen molar-refractivity contribution < 1.29 is 19.1 Å². The van der Waals surface area contributed by atoms with Crippen LogP contribution >= 0.6 is 0 Å². The van der Waals surface area contributed by atoms with Crippen molar-refractivity contribution >= 4 is 11.9 Å². The molecule has 2 atom stereocenters. The Labute approximate surface area is 103 Å². The van der Waals surface area contributed by atoms with Gasteiger partial charge in [0.2, 0.25) is 0 Å². The molecule has 0 bridgehead atoms. The molecular formula is C13H22O4. The number of carbonyl (C=O) groups excluding carboxylic acids is 2. The summed E-state index contributed by atoms with van der Waals surface area (Å²) in [4.78, 5) is 21.9. The molecular weight excluding hydrogens is 220 g/mol.